The second kappa shape index (κ2) is 12.1. The number of hydrogen-bond donors (Lipinski definition) is 2. The maximum absolute atomic E-state index is 14.2. The van der Waals surface area contributed by atoms with Crippen LogP contribution in [-0.2, 0) is 9.59 Å². The molecule has 1 saturated heterocycles. The Morgan fingerprint density at radius 2 is 1.75 bits per heavy atom. The van der Waals surface area contributed by atoms with E-state index in [1.54, 1.807) is 48.8 Å². The van der Waals surface area contributed by atoms with Crippen LogP contribution in [0.1, 0.15) is 18.5 Å². The molecule has 9 heteroatoms. The summed E-state index contributed by atoms with van der Waals surface area (Å²) in [6.45, 7) is 5.30. The summed E-state index contributed by atoms with van der Waals surface area (Å²) in [5, 5.41) is 5.37. The highest BCUT2D eigenvalue weighted by Crippen LogP contribution is 2.25. The molecule has 2 N–H and O–H groups in total. The molecule has 4 rings (SSSR count). The van der Waals surface area contributed by atoms with Crippen molar-refractivity contribution >= 4 is 23.2 Å². The first-order valence-corrected chi connectivity index (χ1v) is 12.0. The number of halogens is 1. The van der Waals surface area contributed by atoms with Gasteiger partial charge in [0, 0.05) is 50.8 Å². The molecule has 0 aliphatic carbocycles. The predicted molar refractivity (Wildman–Crippen MR) is 136 cm³/mol. The van der Waals surface area contributed by atoms with Crippen LogP contribution in [0.5, 0.6) is 5.75 Å². The number of aromatic nitrogens is 1. The standard InChI is InChI=1S/C27H30FN5O3/c1-2-36-22-11-9-21(10-12-22)31-27(35)26(34)30-19-25(20-6-5-13-29-18-20)33-16-14-32(15-17-33)24-8-4-3-7-23(24)28/h3-13,18,25H,2,14-17,19H2,1H3,(H,30,34)(H,31,35)/t25-/m1/s1. The van der Waals surface area contributed by atoms with E-state index in [2.05, 4.69) is 20.5 Å². The van der Waals surface area contributed by atoms with E-state index in [0.29, 0.717) is 49.9 Å². The molecule has 2 aromatic carbocycles. The zero-order valence-electron chi connectivity index (χ0n) is 20.2. The number of amides is 2. The van der Waals surface area contributed by atoms with Gasteiger partial charge >= 0.3 is 11.8 Å². The van der Waals surface area contributed by atoms with E-state index in [9.17, 15) is 14.0 Å². The summed E-state index contributed by atoms with van der Waals surface area (Å²) in [5.74, 6) is -1.01. The molecule has 0 spiro atoms. The third-order valence-electron chi connectivity index (χ3n) is 6.10. The van der Waals surface area contributed by atoms with Crippen LogP contribution < -0.4 is 20.3 Å². The van der Waals surface area contributed by atoms with Crippen LogP contribution in [0.25, 0.3) is 0 Å². The third kappa shape index (κ3) is 6.37. The van der Waals surface area contributed by atoms with Gasteiger partial charge in [-0.3, -0.25) is 19.5 Å². The maximum atomic E-state index is 14.2. The number of rotatable bonds is 8. The number of ether oxygens (including phenoxy) is 1. The molecule has 0 bridgehead atoms. The van der Waals surface area contributed by atoms with Crippen LogP contribution >= 0.6 is 0 Å². The second-order valence-corrected chi connectivity index (χ2v) is 8.40. The molecule has 8 nitrogen and oxygen atoms in total. The van der Waals surface area contributed by atoms with Gasteiger partial charge in [0.15, 0.2) is 0 Å². The van der Waals surface area contributed by atoms with Crippen molar-refractivity contribution < 1.29 is 18.7 Å². The first kappa shape index (κ1) is 25.1. The highest BCUT2D eigenvalue weighted by atomic mass is 19.1. The maximum Gasteiger partial charge on any atom is 0.313 e. The fourth-order valence-electron chi connectivity index (χ4n) is 4.27. The highest BCUT2D eigenvalue weighted by molar-refractivity contribution is 6.39. The van der Waals surface area contributed by atoms with E-state index in [4.69, 9.17) is 4.74 Å². The lowest BCUT2D eigenvalue weighted by Gasteiger charge is -2.40. The molecule has 2 amide bonds. The van der Waals surface area contributed by atoms with Crippen molar-refractivity contribution in [1.29, 1.82) is 0 Å². The Labute approximate surface area is 210 Å². The summed E-state index contributed by atoms with van der Waals surface area (Å²) in [6.07, 6.45) is 3.46. The molecule has 0 unspecified atom stereocenters. The van der Waals surface area contributed by atoms with E-state index < -0.39 is 11.8 Å². The number of hydrogen-bond acceptors (Lipinski definition) is 6. The van der Waals surface area contributed by atoms with E-state index >= 15 is 0 Å². The number of carbonyl (C=O) groups excluding carboxylic acids is 2. The molecule has 1 aliphatic heterocycles. The molecule has 2 heterocycles. The Bertz CT molecular complexity index is 1150. The van der Waals surface area contributed by atoms with Crippen molar-refractivity contribution in [2.45, 2.75) is 13.0 Å². The van der Waals surface area contributed by atoms with Crippen molar-refractivity contribution in [3.8, 4) is 5.75 Å². The van der Waals surface area contributed by atoms with E-state index in [-0.39, 0.29) is 18.4 Å². The average Bonchev–Trinajstić information content (AvgIpc) is 2.91. The fraction of sp³-hybridized carbons (Fsp3) is 0.296. The summed E-state index contributed by atoms with van der Waals surface area (Å²) >= 11 is 0. The summed E-state index contributed by atoms with van der Waals surface area (Å²) in [6, 6.07) is 17.2. The van der Waals surface area contributed by atoms with Gasteiger partial charge < -0.3 is 20.3 Å². The van der Waals surface area contributed by atoms with E-state index in [0.717, 1.165) is 5.56 Å². The minimum atomic E-state index is -0.742. The van der Waals surface area contributed by atoms with Crippen LogP contribution in [0, 0.1) is 5.82 Å². The van der Waals surface area contributed by atoms with Crippen LogP contribution in [0.15, 0.2) is 73.1 Å². The Hall–Kier alpha value is -3.98. The van der Waals surface area contributed by atoms with Gasteiger partial charge in [-0.1, -0.05) is 18.2 Å². The van der Waals surface area contributed by atoms with E-state index in [1.165, 1.54) is 6.07 Å². The summed E-state index contributed by atoms with van der Waals surface area (Å²) < 4.78 is 19.6. The van der Waals surface area contributed by atoms with Gasteiger partial charge in [0.25, 0.3) is 0 Å². The van der Waals surface area contributed by atoms with Crippen molar-refractivity contribution in [1.82, 2.24) is 15.2 Å². The Balaban J connectivity index is 1.36. The number of carbonyl (C=O) groups is 2. The van der Waals surface area contributed by atoms with Gasteiger partial charge in [-0.2, -0.15) is 0 Å². The van der Waals surface area contributed by atoms with Crippen molar-refractivity contribution in [2.75, 3.05) is 49.5 Å². The lowest BCUT2D eigenvalue weighted by Crippen LogP contribution is -2.50. The van der Waals surface area contributed by atoms with Gasteiger partial charge in [-0.05, 0) is 55.0 Å². The molecule has 36 heavy (non-hydrogen) atoms. The van der Waals surface area contributed by atoms with Gasteiger partial charge in [0.2, 0.25) is 0 Å². The number of piperazine rings is 1. The van der Waals surface area contributed by atoms with Crippen molar-refractivity contribution in [2.24, 2.45) is 0 Å². The smallest absolute Gasteiger partial charge is 0.313 e. The van der Waals surface area contributed by atoms with Gasteiger partial charge in [0.1, 0.15) is 11.6 Å². The lowest BCUT2D eigenvalue weighted by atomic mass is 10.1. The Kier molecular flexibility index (Phi) is 8.46. The summed E-state index contributed by atoms with van der Waals surface area (Å²) in [5.41, 5.74) is 2.03. The minimum absolute atomic E-state index is 0.177. The average molecular weight is 492 g/mol. The molecular weight excluding hydrogens is 461 g/mol. The van der Waals surface area contributed by atoms with E-state index in [1.807, 2.05) is 30.0 Å². The molecule has 1 aliphatic rings. The minimum Gasteiger partial charge on any atom is -0.494 e. The molecule has 0 radical (unpaired) electrons. The molecular formula is C27H30FN5O3. The largest absolute Gasteiger partial charge is 0.494 e. The van der Waals surface area contributed by atoms with Crippen LogP contribution in [0.3, 0.4) is 0 Å². The molecule has 1 fully saturated rings. The van der Waals surface area contributed by atoms with Gasteiger partial charge in [-0.15, -0.1) is 0 Å². The van der Waals surface area contributed by atoms with Gasteiger partial charge in [-0.25, -0.2) is 4.39 Å². The topological polar surface area (TPSA) is 86.8 Å². The van der Waals surface area contributed by atoms with Crippen LogP contribution in [0.4, 0.5) is 15.8 Å². The molecule has 188 valence electrons. The van der Waals surface area contributed by atoms with Crippen LogP contribution in [-0.4, -0.2) is 61.0 Å². The van der Waals surface area contributed by atoms with Crippen LogP contribution in [0.2, 0.25) is 0 Å². The lowest BCUT2D eigenvalue weighted by molar-refractivity contribution is -0.136. The highest BCUT2D eigenvalue weighted by Gasteiger charge is 2.27. The number of nitrogens with one attached hydrogen (secondary N) is 2. The first-order valence-electron chi connectivity index (χ1n) is 12.0. The summed E-state index contributed by atoms with van der Waals surface area (Å²) in [7, 11) is 0. The molecule has 3 aromatic rings. The predicted octanol–water partition coefficient (Wildman–Crippen LogP) is 3.24. The summed E-state index contributed by atoms with van der Waals surface area (Å²) in [4.78, 5) is 33.5. The SMILES string of the molecule is CCOc1ccc(NC(=O)C(=O)NC[C@H](c2cccnc2)N2CCN(c3ccccc3F)CC2)cc1. The first-order chi connectivity index (χ1) is 17.5. The number of benzene rings is 2. The Morgan fingerprint density at radius 3 is 2.42 bits per heavy atom. The zero-order valence-corrected chi connectivity index (χ0v) is 20.2. The number of anilines is 2. The zero-order chi connectivity index (χ0) is 25.3. The number of nitrogens with zero attached hydrogens (tertiary/aromatic N) is 3. The molecule has 0 saturated carbocycles. The van der Waals surface area contributed by atoms with Crippen molar-refractivity contribution in [3.63, 3.8) is 0 Å². The van der Waals surface area contributed by atoms with Gasteiger partial charge in [0.05, 0.1) is 18.3 Å². The normalized spacial score (nSPS) is 14.7. The quantitative estimate of drug-likeness (QED) is 0.471. The number of para-hydroxylation sites is 1. The number of pyridine rings is 1. The van der Waals surface area contributed by atoms with Crippen molar-refractivity contribution in [3.05, 3.63) is 84.4 Å². The Morgan fingerprint density at radius 1 is 1.00 bits per heavy atom. The molecule has 1 atom stereocenters. The monoisotopic (exact) mass is 491 g/mol. The fourth-order valence-corrected chi connectivity index (χ4v) is 4.27. The third-order valence-corrected chi connectivity index (χ3v) is 6.10. The second-order valence-electron chi connectivity index (χ2n) is 8.40. The molecule has 1 aromatic heterocycles.